The van der Waals surface area contributed by atoms with Gasteiger partial charge >= 0.3 is 5.97 Å². The first kappa shape index (κ1) is 16.9. The number of aromatic nitrogens is 3. The van der Waals surface area contributed by atoms with Gasteiger partial charge < -0.3 is 5.11 Å². The molecule has 0 saturated heterocycles. The number of rotatable bonds is 7. The normalized spacial score (nSPS) is 11.0. The van der Waals surface area contributed by atoms with Crippen LogP contribution in [0.4, 0.5) is 0 Å². The first-order valence-corrected chi connectivity index (χ1v) is 8.05. The fourth-order valence-electron chi connectivity index (χ4n) is 2.72. The van der Waals surface area contributed by atoms with Crippen LogP contribution in [0.3, 0.4) is 0 Å². The van der Waals surface area contributed by atoms with E-state index in [1.807, 2.05) is 60.5 Å². The maximum absolute atomic E-state index is 11.2. The standard InChI is InChI=1S/C19H20N4O2/c1-15-17(13-23(21-15)18-7-9-20-10-8-18)12-22(14-19(24)25)11-16-5-3-2-4-6-16/h2-10,13H,11-12,14H2,1H3,(H,24,25). The van der Waals surface area contributed by atoms with Crippen LogP contribution in [0, 0.1) is 6.92 Å². The zero-order valence-corrected chi connectivity index (χ0v) is 14.0. The molecule has 0 aliphatic carbocycles. The second-order valence-electron chi connectivity index (χ2n) is 5.91. The van der Waals surface area contributed by atoms with Gasteiger partial charge in [-0.15, -0.1) is 0 Å². The van der Waals surface area contributed by atoms with E-state index < -0.39 is 5.97 Å². The summed E-state index contributed by atoms with van der Waals surface area (Å²) in [6, 6.07) is 13.6. The third kappa shape index (κ3) is 4.51. The lowest BCUT2D eigenvalue weighted by Gasteiger charge is -2.20. The Labute approximate surface area is 146 Å². The Morgan fingerprint density at radius 1 is 1.12 bits per heavy atom. The molecule has 128 valence electrons. The number of aryl methyl sites for hydroxylation is 1. The van der Waals surface area contributed by atoms with Gasteiger partial charge in [-0.2, -0.15) is 5.10 Å². The van der Waals surface area contributed by atoms with Crippen molar-refractivity contribution in [3.63, 3.8) is 0 Å². The summed E-state index contributed by atoms with van der Waals surface area (Å²) >= 11 is 0. The summed E-state index contributed by atoms with van der Waals surface area (Å²) in [5.74, 6) is -0.838. The van der Waals surface area contributed by atoms with Crippen LogP contribution in [0.2, 0.25) is 0 Å². The molecule has 0 bridgehead atoms. The summed E-state index contributed by atoms with van der Waals surface area (Å²) < 4.78 is 1.80. The van der Waals surface area contributed by atoms with Crippen LogP contribution in [-0.4, -0.2) is 37.3 Å². The van der Waals surface area contributed by atoms with Crippen molar-refractivity contribution >= 4 is 5.97 Å². The fraction of sp³-hybridized carbons (Fsp3) is 0.211. The molecule has 25 heavy (non-hydrogen) atoms. The molecular weight excluding hydrogens is 316 g/mol. The smallest absolute Gasteiger partial charge is 0.317 e. The molecule has 0 aliphatic heterocycles. The second kappa shape index (κ2) is 7.72. The molecule has 2 aromatic heterocycles. The predicted octanol–water partition coefficient (Wildman–Crippen LogP) is 2.66. The van der Waals surface area contributed by atoms with Crippen molar-refractivity contribution in [1.29, 1.82) is 0 Å². The highest BCUT2D eigenvalue weighted by Crippen LogP contribution is 2.15. The molecule has 0 saturated carbocycles. The van der Waals surface area contributed by atoms with Gasteiger partial charge in [0.15, 0.2) is 0 Å². The molecule has 0 radical (unpaired) electrons. The summed E-state index contributed by atoms with van der Waals surface area (Å²) in [5, 5.41) is 13.8. The Bertz CT molecular complexity index is 831. The fourth-order valence-corrected chi connectivity index (χ4v) is 2.72. The highest BCUT2D eigenvalue weighted by Gasteiger charge is 2.15. The van der Waals surface area contributed by atoms with E-state index in [9.17, 15) is 9.90 Å². The number of carboxylic acids is 1. The van der Waals surface area contributed by atoms with Crippen molar-refractivity contribution in [1.82, 2.24) is 19.7 Å². The molecule has 1 N–H and O–H groups in total. The molecule has 0 aliphatic rings. The molecule has 2 heterocycles. The molecule has 0 fully saturated rings. The van der Waals surface area contributed by atoms with Crippen molar-refractivity contribution in [3.05, 3.63) is 77.9 Å². The molecule has 0 spiro atoms. The van der Waals surface area contributed by atoms with Crippen LogP contribution in [0.5, 0.6) is 0 Å². The maximum atomic E-state index is 11.2. The number of aliphatic carboxylic acids is 1. The number of carbonyl (C=O) groups is 1. The van der Waals surface area contributed by atoms with E-state index in [1.54, 1.807) is 17.1 Å². The van der Waals surface area contributed by atoms with Crippen LogP contribution in [0.25, 0.3) is 5.69 Å². The zero-order chi connectivity index (χ0) is 17.6. The van der Waals surface area contributed by atoms with E-state index in [1.165, 1.54) is 0 Å². The SMILES string of the molecule is Cc1nn(-c2ccncc2)cc1CN(CC(=O)O)Cc1ccccc1. The summed E-state index contributed by atoms with van der Waals surface area (Å²) in [5.41, 5.74) is 3.91. The largest absolute Gasteiger partial charge is 0.480 e. The Kier molecular flexibility index (Phi) is 5.20. The van der Waals surface area contributed by atoms with Crippen molar-refractivity contribution in [2.75, 3.05) is 6.54 Å². The van der Waals surface area contributed by atoms with E-state index in [4.69, 9.17) is 0 Å². The molecular formula is C19H20N4O2. The van der Waals surface area contributed by atoms with E-state index in [2.05, 4.69) is 10.1 Å². The molecule has 6 heteroatoms. The Hall–Kier alpha value is -2.99. The van der Waals surface area contributed by atoms with Gasteiger partial charge in [0.25, 0.3) is 0 Å². The van der Waals surface area contributed by atoms with E-state index in [0.29, 0.717) is 13.1 Å². The second-order valence-corrected chi connectivity index (χ2v) is 5.91. The Morgan fingerprint density at radius 3 is 2.52 bits per heavy atom. The highest BCUT2D eigenvalue weighted by molar-refractivity contribution is 5.69. The molecule has 0 amide bonds. The molecule has 0 unspecified atom stereocenters. The summed E-state index contributed by atoms with van der Waals surface area (Å²) in [6.45, 7) is 3.02. The summed E-state index contributed by atoms with van der Waals surface area (Å²) in [4.78, 5) is 17.1. The number of hydrogen-bond acceptors (Lipinski definition) is 4. The Balaban J connectivity index is 1.79. The van der Waals surface area contributed by atoms with E-state index in [0.717, 1.165) is 22.5 Å². The quantitative estimate of drug-likeness (QED) is 0.718. The van der Waals surface area contributed by atoms with Gasteiger partial charge in [-0.3, -0.25) is 14.7 Å². The van der Waals surface area contributed by atoms with Gasteiger partial charge in [-0.25, -0.2) is 4.68 Å². The van der Waals surface area contributed by atoms with Crippen LogP contribution < -0.4 is 0 Å². The van der Waals surface area contributed by atoms with E-state index in [-0.39, 0.29) is 6.54 Å². The minimum Gasteiger partial charge on any atom is -0.480 e. The van der Waals surface area contributed by atoms with Crippen LogP contribution in [0.1, 0.15) is 16.8 Å². The minimum atomic E-state index is -0.838. The zero-order valence-electron chi connectivity index (χ0n) is 14.0. The number of hydrogen-bond donors (Lipinski definition) is 1. The molecule has 6 nitrogen and oxygen atoms in total. The van der Waals surface area contributed by atoms with Crippen LogP contribution in [-0.2, 0) is 17.9 Å². The van der Waals surface area contributed by atoms with Gasteiger partial charge in [0.2, 0.25) is 0 Å². The first-order valence-electron chi connectivity index (χ1n) is 8.05. The van der Waals surface area contributed by atoms with Crippen molar-refractivity contribution in [2.45, 2.75) is 20.0 Å². The van der Waals surface area contributed by atoms with Gasteiger partial charge in [0.1, 0.15) is 0 Å². The van der Waals surface area contributed by atoms with Gasteiger partial charge in [-0.1, -0.05) is 30.3 Å². The molecule has 0 atom stereocenters. The third-order valence-corrected chi connectivity index (χ3v) is 3.93. The van der Waals surface area contributed by atoms with Crippen molar-refractivity contribution in [2.24, 2.45) is 0 Å². The lowest BCUT2D eigenvalue weighted by Crippen LogP contribution is -2.29. The van der Waals surface area contributed by atoms with Gasteiger partial charge in [0.05, 0.1) is 17.9 Å². The van der Waals surface area contributed by atoms with E-state index >= 15 is 0 Å². The average molecular weight is 336 g/mol. The predicted molar refractivity (Wildman–Crippen MR) is 94.3 cm³/mol. The maximum Gasteiger partial charge on any atom is 0.317 e. The average Bonchev–Trinajstić information content (AvgIpc) is 2.97. The van der Waals surface area contributed by atoms with Crippen LogP contribution >= 0.6 is 0 Å². The minimum absolute atomic E-state index is 0.0191. The summed E-state index contributed by atoms with van der Waals surface area (Å²) in [6.07, 6.45) is 5.39. The third-order valence-electron chi connectivity index (χ3n) is 3.93. The lowest BCUT2D eigenvalue weighted by molar-refractivity contribution is -0.138. The lowest BCUT2D eigenvalue weighted by atomic mass is 10.2. The van der Waals surface area contributed by atoms with Crippen molar-refractivity contribution < 1.29 is 9.90 Å². The van der Waals surface area contributed by atoms with Gasteiger partial charge in [0, 0.05) is 37.2 Å². The Morgan fingerprint density at radius 2 is 1.84 bits per heavy atom. The van der Waals surface area contributed by atoms with Crippen molar-refractivity contribution in [3.8, 4) is 5.69 Å². The molecule has 3 aromatic rings. The molecule has 1 aromatic carbocycles. The molecule has 3 rings (SSSR count). The number of pyridine rings is 1. The van der Waals surface area contributed by atoms with Crippen LogP contribution in [0.15, 0.2) is 61.1 Å². The van der Waals surface area contributed by atoms with Gasteiger partial charge in [-0.05, 0) is 24.6 Å². The monoisotopic (exact) mass is 336 g/mol. The topological polar surface area (TPSA) is 71.2 Å². The number of benzene rings is 1. The summed E-state index contributed by atoms with van der Waals surface area (Å²) in [7, 11) is 0. The highest BCUT2D eigenvalue weighted by atomic mass is 16.4. The first-order chi connectivity index (χ1) is 12.1. The number of carboxylic acid groups (broad SMARTS) is 1. The number of nitrogens with zero attached hydrogens (tertiary/aromatic N) is 4.